The minimum Gasteiger partial charge on any atom is -0.338 e. The van der Waals surface area contributed by atoms with Crippen molar-refractivity contribution < 1.29 is 0 Å². The average molecular weight is 265 g/mol. The number of para-hydroxylation sites is 2. The zero-order chi connectivity index (χ0) is 11.8. The van der Waals surface area contributed by atoms with Crippen LogP contribution in [0, 0.1) is 0 Å². The quantitative estimate of drug-likeness (QED) is 0.811. The van der Waals surface area contributed by atoms with Crippen molar-refractivity contribution in [3.05, 3.63) is 46.2 Å². The molecule has 0 fully saturated rings. The Hall–Kier alpha value is -1.25. The number of aromatic amines is 1. The summed E-state index contributed by atoms with van der Waals surface area (Å²) in [7, 11) is 0. The molecule has 0 bridgehead atoms. The fraction of sp³-hybridized carbons (Fsp3) is 0.154. The maximum Gasteiger partial charge on any atom is 0.139 e. The molecule has 0 radical (unpaired) electrons. The minimum atomic E-state index is 0.781. The van der Waals surface area contributed by atoms with Crippen molar-refractivity contribution in [2.45, 2.75) is 12.8 Å². The van der Waals surface area contributed by atoms with E-state index in [1.54, 1.807) is 0 Å². The number of benzene rings is 1. The van der Waals surface area contributed by atoms with Crippen LogP contribution in [0.2, 0.25) is 0 Å². The molecule has 1 N–H and O–H groups in total. The van der Waals surface area contributed by atoms with Gasteiger partial charge in [-0.05, 0) is 31.1 Å². The summed E-state index contributed by atoms with van der Waals surface area (Å²) in [5, 5.41) is 1.64. The van der Waals surface area contributed by atoms with Crippen molar-refractivity contribution in [3.63, 3.8) is 0 Å². The highest BCUT2D eigenvalue weighted by molar-refractivity contribution is 6.35. The Bertz CT molecular complexity index is 605. The van der Waals surface area contributed by atoms with Crippen molar-refractivity contribution in [1.82, 2.24) is 9.97 Å². The van der Waals surface area contributed by atoms with Crippen LogP contribution in [-0.4, -0.2) is 9.97 Å². The van der Waals surface area contributed by atoms with Crippen LogP contribution in [0.4, 0.5) is 0 Å². The number of halogens is 2. The van der Waals surface area contributed by atoms with Crippen LogP contribution in [0.3, 0.4) is 0 Å². The third-order valence-corrected chi connectivity index (χ3v) is 3.51. The molecule has 3 rings (SSSR count). The summed E-state index contributed by atoms with van der Waals surface area (Å²) in [6.07, 6.45) is 3.48. The van der Waals surface area contributed by atoms with E-state index in [4.69, 9.17) is 23.2 Å². The van der Waals surface area contributed by atoms with Gasteiger partial charge < -0.3 is 4.98 Å². The highest BCUT2D eigenvalue weighted by Gasteiger charge is 2.15. The summed E-state index contributed by atoms with van der Waals surface area (Å²) < 4.78 is 0. The molecule has 0 unspecified atom stereocenters. The van der Waals surface area contributed by atoms with Crippen molar-refractivity contribution in [2.24, 2.45) is 0 Å². The smallest absolute Gasteiger partial charge is 0.139 e. The summed E-state index contributed by atoms with van der Waals surface area (Å²) in [5.41, 5.74) is 2.85. The maximum absolute atomic E-state index is 6.23. The molecule has 86 valence electrons. The van der Waals surface area contributed by atoms with E-state index in [1.165, 1.54) is 0 Å². The largest absolute Gasteiger partial charge is 0.338 e. The molecule has 2 aromatic rings. The Balaban J connectivity index is 2.15. The molecule has 4 heteroatoms. The lowest BCUT2D eigenvalue weighted by atomic mass is 10.1. The summed E-state index contributed by atoms with van der Waals surface area (Å²) in [6.45, 7) is 0. The van der Waals surface area contributed by atoms with Gasteiger partial charge in [0.1, 0.15) is 5.82 Å². The predicted octanol–water partition coefficient (Wildman–Crippen LogP) is 4.43. The summed E-state index contributed by atoms with van der Waals surface area (Å²) in [6, 6.07) is 7.91. The van der Waals surface area contributed by atoms with Gasteiger partial charge in [-0.2, -0.15) is 0 Å². The van der Waals surface area contributed by atoms with Gasteiger partial charge in [-0.25, -0.2) is 4.98 Å². The van der Waals surface area contributed by atoms with E-state index < -0.39 is 0 Å². The first kappa shape index (κ1) is 10.9. The predicted molar refractivity (Wildman–Crippen MR) is 72.0 cm³/mol. The van der Waals surface area contributed by atoms with Crippen molar-refractivity contribution >= 4 is 39.8 Å². The number of nitrogens with zero attached hydrogens (tertiary/aromatic N) is 1. The Morgan fingerprint density at radius 1 is 1.12 bits per heavy atom. The highest BCUT2D eigenvalue weighted by atomic mass is 35.5. The Morgan fingerprint density at radius 3 is 2.76 bits per heavy atom. The minimum absolute atomic E-state index is 0.781. The van der Waals surface area contributed by atoms with Gasteiger partial charge in [0.05, 0.1) is 11.0 Å². The number of fused-ring (bicyclic) bond motifs is 1. The van der Waals surface area contributed by atoms with E-state index >= 15 is 0 Å². The van der Waals surface area contributed by atoms with Gasteiger partial charge in [0.15, 0.2) is 0 Å². The van der Waals surface area contributed by atoms with E-state index in [2.05, 4.69) is 9.97 Å². The van der Waals surface area contributed by atoms with E-state index in [1.807, 2.05) is 30.3 Å². The number of imidazole rings is 1. The van der Waals surface area contributed by atoms with Crippen LogP contribution in [0.15, 0.2) is 40.4 Å². The number of allylic oxidation sites excluding steroid dienone is 4. The number of nitrogens with one attached hydrogen (secondary N) is 1. The molecule has 1 aromatic carbocycles. The van der Waals surface area contributed by atoms with Crippen LogP contribution < -0.4 is 0 Å². The third kappa shape index (κ3) is 1.99. The standard InChI is InChI=1S/C13H10Cl2N2/c14-8-5-6-10(15)9(7-8)13-16-11-3-1-2-4-12(11)17-13/h1-4,7H,5-6H2,(H,16,17). The summed E-state index contributed by atoms with van der Waals surface area (Å²) in [5.74, 6) is 0.786. The highest BCUT2D eigenvalue weighted by Crippen LogP contribution is 2.33. The van der Waals surface area contributed by atoms with Crippen LogP contribution >= 0.6 is 23.2 Å². The number of rotatable bonds is 1. The van der Waals surface area contributed by atoms with Gasteiger partial charge in [-0.1, -0.05) is 35.3 Å². The number of hydrogen-bond donors (Lipinski definition) is 1. The van der Waals surface area contributed by atoms with Crippen LogP contribution in [0.1, 0.15) is 18.7 Å². The van der Waals surface area contributed by atoms with Crippen LogP contribution in [-0.2, 0) is 0 Å². The number of aromatic nitrogens is 2. The second-order valence-electron chi connectivity index (χ2n) is 4.01. The molecule has 0 spiro atoms. The normalized spacial score (nSPS) is 16.5. The molecule has 1 heterocycles. The number of hydrogen-bond acceptors (Lipinski definition) is 1. The maximum atomic E-state index is 6.23. The van der Waals surface area contributed by atoms with E-state index in [-0.39, 0.29) is 0 Å². The van der Waals surface area contributed by atoms with Gasteiger partial charge in [-0.15, -0.1) is 0 Å². The molecule has 0 atom stereocenters. The lowest BCUT2D eigenvalue weighted by molar-refractivity contribution is 0.998. The van der Waals surface area contributed by atoms with Crippen molar-refractivity contribution in [3.8, 4) is 0 Å². The Labute approximate surface area is 109 Å². The number of H-pyrrole nitrogens is 1. The molecule has 1 aliphatic rings. The lowest BCUT2D eigenvalue weighted by Gasteiger charge is -2.10. The molecule has 2 nitrogen and oxygen atoms in total. The SMILES string of the molecule is ClC1=CC(c2nc3ccccc3[nH]2)=C(Cl)CC1. The van der Waals surface area contributed by atoms with Crippen LogP contribution in [0.25, 0.3) is 16.6 Å². The molecule has 1 aromatic heterocycles. The third-order valence-electron chi connectivity index (χ3n) is 2.82. The monoisotopic (exact) mass is 264 g/mol. The molecule has 17 heavy (non-hydrogen) atoms. The second-order valence-corrected chi connectivity index (χ2v) is 4.95. The van der Waals surface area contributed by atoms with E-state index in [0.29, 0.717) is 0 Å². The molecule has 0 saturated heterocycles. The summed E-state index contributed by atoms with van der Waals surface area (Å²) in [4.78, 5) is 7.78. The van der Waals surface area contributed by atoms with Gasteiger partial charge in [0.25, 0.3) is 0 Å². The Morgan fingerprint density at radius 2 is 1.94 bits per heavy atom. The molecular formula is C13H10Cl2N2. The first-order chi connectivity index (χ1) is 8.24. The van der Waals surface area contributed by atoms with Crippen molar-refractivity contribution in [1.29, 1.82) is 0 Å². The molecule has 0 aliphatic heterocycles. The Kier molecular flexibility index (Phi) is 2.69. The van der Waals surface area contributed by atoms with E-state index in [0.717, 1.165) is 45.3 Å². The molecule has 0 amide bonds. The van der Waals surface area contributed by atoms with Crippen LogP contribution in [0.5, 0.6) is 0 Å². The van der Waals surface area contributed by atoms with E-state index in [9.17, 15) is 0 Å². The average Bonchev–Trinajstić information content (AvgIpc) is 2.75. The fourth-order valence-corrected chi connectivity index (χ4v) is 2.39. The van der Waals surface area contributed by atoms with Crippen molar-refractivity contribution in [2.75, 3.05) is 0 Å². The lowest BCUT2D eigenvalue weighted by Crippen LogP contribution is -1.94. The first-order valence-corrected chi connectivity index (χ1v) is 6.19. The molecular weight excluding hydrogens is 255 g/mol. The van der Waals surface area contributed by atoms with Gasteiger partial charge >= 0.3 is 0 Å². The molecule has 0 saturated carbocycles. The van der Waals surface area contributed by atoms with Gasteiger partial charge in [-0.3, -0.25) is 0 Å². The first-order valence-electron chi connectivity index (χ1n) is 5.44. The summed E-state index contributed by atoms with van der Waals surface area (Å²) >= 11 is 12.3. The fourth-order valence-electron chi connectivity index (χ4n) is 1.95. The van der Waals surface area contributed by atoms with Gasteiger partial charge in [0, 0.05) is 15.6 Å². The zero-order valence-electron chi connectivity index (χ0n) is 9.00. The molecule has 1 aliphatic carbocycles. The topological polar surface area (TPSA) is 28.7 Å². The van der Waals surface area contributed by atoms with Gasteiger partial charge in [0.2, 0.25) is 0 Å². The zero-order valence-corrected chi connectivity index (χ0v) is 10.5. The second kappa shape index (κ2) is 4.21.